The van der Waals surface area contributed by atoms with Crippen LogP contribution in [0, 0.1) is 12.7 Å². The maximum atomic E-state index is 13.9. The van der Waals surface area contributed by atoms with Crippen LogP contribution in [0.2, 0.25) is 0 Å². The minimum Gasteiger partial charge on any atom is -0.438 e. The topological polar surface area (TPSA) is 69.0 Å². The van der Waals surface area contributed by atoms with E-state index in [1.54, 1.807) is 16.8 Å². The van der Waals surface area contributed by atoms with E-state index >= 15 is 0 Å². The molecule has 0 bridgehead atoms. The van der Waals surface area contributed by atoms with E-state index in [-0.39, 0.29) is 18.5 Å². The number of aliphatic hydroxyl groups is 1. The van der Waals surface area contributed by atoms with Gasteiger partial charge in [0.15, 0.2) is 0 Å². The number of hydrogen-bond acceptors (Lipinski definition) is 6. The van der Waals surface area contributed by atoms with Gasteiger partial charge in [0.1, 0.15) is 11.6 Å². The van der Waals surface area contributed by atoms with E-state index in [0.717, 1.165) is 36.4 Å². The highest BCUT2D eigenvalue weighted by Crippen LogP contribution is 2.32. The predicted molar refractivity (Wildman–Crippen MR) is 132 cm³/mol. The Labute approximate surface area is 206 Å². The van der Waals surface area contributed by atoms with Crippen molar-refractivity contribution in [2.75, 3.05) is 32.9 Å². The number of hydrogen-bond donors (Lipinski definition) is 1. The van der Waals surface area contributed by atoms with E-state index in [2.05, 4.69) is 4.90 Å². The third-order valence-electron chi connectivity index (χ3n) is 6.00. The first-order valence-corrected chi connectivity index (χ1v) is 12.2. The van der Waals surface area contributed by atoms with E-state index in [1.165, 1.54) is 12.1 Å². The maximum Gasteiger partial charge on any atom is 0.227 e. The molecule has 1 saturated heterocycles. The van der Waals surface area contributed by atoms with Crippen molar-refractivity contribution >= 4 is 0 Å². The van der Waals surface area contributed by atoms with Gasteiger partial charge in [-0.3, -0.25) is 4.90 Å². The van der Waals surface area contributed by atoms with Gasteiger partial charge in [-0.2, -0.15) is 5.10 Å². The number of para-hydroxylation sites is 1. The van der Waals surface area contributed by atoms with Crippen LogP contribution in [0.4, 0.5) is 4.39 Å². The minimum atomic E-state index is -0.631. The monoisotopic (exact) mass is 483 g/mol. The summed E-state index contributed by atoms with van der Waals surface area (Å²) >= 11 is 0. The number of aromatic nitrogens is 2. The second kappa shape index (κ2) is 12.3. The second-order valence-electron chi connectivity index (χ2n) is 8.82. The van der Waals surface area contributed by atoms with Gasteiger partial charge in [-0.05, 0) is 51.0 Å². The Morgan fingerprint density at radius 1 is 1.23 bits per heavy atom. The molecular formula is C27H34FN3O4. The first-order valence-electron chi connectivity index (χ1n) is 12.2. The summed E-state index contributed by atoms with van der Waals surface area (Å²) < 4.78 is 33.2. The molecule has 8 heteroatoms. The Bertz CT molecular complexity index is 1070. The number of halogens is 1. The third-order valence-corrected chi connectivity index (χ3v) is 6.00. The fourth-order valence-electron chi connectivity index (χ4n) is 4.32. The number of aliphatic hydroxyl groups excluding tert-OH is 1. The second-order valence-corrected chi connectivity index (χ2v) is 8.82. The summed E-state index contributed by atoms with van der Waals surface area (Å²) in [5.74, 6) is 0.548. The molecule has 1 fully saturated rings. The summed E-state index contributed by atoms with van der Waals surface area (Å²) in [6, 6.07) is 15.8. The van der Waals surface area contributed by atoms with Gasteiger partial charge in [-0.25, -0.2) is 9.07 Å². The number of aryl methyl sites for hydroxylation is 1. The molecule has 1 aliphatic rings. The van der Waals surface area contributed by atoms with Crippen LogP contribution in [0.25, 0.3) is 5.69 Å². The van der Waals surface area contributed by atoms with E-state index < -0.39 is 6.10 Å². The first-order chi connectivity index (χ1) is 17.0. The molecule has 1 N–H and O–H groups in total. The van der Waals surface area contributed by atoms with Crippen LogP contribution in [-0.4, -0.2) is 64.9 Å². The Balaban J connectivity index is 1.66. The fraction of sp³-hybridized carbons (Fsp3) is 0.444. The lowest BCUT2D eigenvalue weighted by Crippen LogP contribution is -2.39. The van der Waals surface area contributed by atoms with E-state index in [1.807, 2.05) is 44.2 Å². The van der Waals surface area contributed by atoms with E-state index in [4.69, 9.17) is 19.3 Å². The highest BCUT2D eigenvalue weighted by Gasteiger charge is 2.26. The van der Waals surface area contributed by atoms with Gasteiger partial charge < -0.3 is 19.3 Å². The van der Waals surface area contributed by atoms with Gasteiger partial charge in [-0.15, -0.1) is 0 Å². The van der Waals surface area contributed by atoms with Gasteiger partial charge in [-0.1, -0.05) is 24.3 Å². The van der Waals surface area contributed by atoms with Gasteiger partial charge in [0.25, 0.3) is 0 Å². The van der Waals surface area contributed by atoms with Crippen molar-refractivity contribution in [1.29, 1.82) is 0 Å². The summed E-state index contributed by atoms with van der Waals surface area (Å²) in [6.07, 6.45) is 1.52. The molecule has 0 unspecified atom stereocenters. The molecule has 3 aromatic rings. The van der Waals surface area contributed by atoms with Gasteiger partial charge in [0, 0.05) is 38.9 Å². The molecule has 2 atom stereocenters. The quantitative estimate of drug-likeness (QED) is 0.409. The van der Waals surface area contributed by atoms with Gasteiger partial charge in [0.2, 0.25) is 5.88 Å². The standard InChI is InChI=1S/C27H34FN3O4/c1-3-33-19-23(32)16-30(17-25-13-8-14-34-25)18-26-20(2)29-31(22-10-5-4-6-11-22)27(26)35-24-12-7-9-21(28)15-24/h4-7,9-12,15,23,25,32H,3,8,13-14,16-19H2,1-2H3/t23-,25+/m1/s1. The SMILES string of the molecule is CCOC[C@H](O)CN(Cc1c(C)nn(-c2ccccc2)c1Oc1cccc(F)c1)C[C@@H]1CCCO1. The summed E-state index contributed by atoms with van der Waals surface area (Å²) in [5, 5.41) is 15.4. The molecule has 0 radical (unpaired) electrons. The smallest absolute Gasteiger partial charge is 0.227 e. The lowest BCUT2D eigenvalue weighted by Gasteiger charge is -2.27. The predicted octanol–water partition coefficient (Wildman–Crippen LogP) is 4.49. The van der Waals surface area contributed by atoms with Gasteiger partial charge >= 0.3 is 0 Å². The molecule has 1 aromatic heterocycles. The number of ether oxygens (including phenoxy) is 3. The molecule has 35 heavy (non-hydrogen) atoms. The molecule has 7 nitrogen and oxygen atoms in total. The fourth-order valence-corrected chi connectivity index (χ4v) is 4.32. The molecule has 0 amide bonds. The Kier molecular flexibility index (Phi) is 8.87. The van der Waals surface area contributed by atoms with Gasteiger partial charge in [0.05, 0.1) is 35.8 Å². The first kappa shape index (κ1) is 25.3. The van der Waals surface area contributed by atoms with Crippen molar-refractivity contribution in [1.82, 2.24) is 14.7 Å². The lowest BCUT2D eigenvalue weighted by atomic mass is 10.1. The average Bonchev–Trinajstić information content (AvgIpc) is 3.47. The lowest BCUT2D eigenvalue weighted by molar-refractivity contribution is 0.00498. The van der Waals surface area contributed by atoms with Crippen molar-refractivity contribution in [3.8, 4) is 17.3 Å². The molecule has 0 aliphatic carbocycles. The number of benzene rings is 2. The molecule has 0 spiro atoms. The molecule has 2 aromatic carbocycles. The summed E-state index contributed by atoms with van der Waals surface area (Å²) in [7, 11) is 0. The molecule has 0 saturated carbocycles. The Hall–Kier alpha value is -2.78. The average molecular weight is 484 g/mol. The Morgan fingerprint density at radius 2 is 2.06 bits per heavy atom. The van der Waals surface area contributed by atoms with Crippen LogP contribution in [0.1, 0.15) is 31.0 Å². The Morgan fingerprint density at radius 3 is 2.77 bits per heavy atom. The maximum absolute atomic E-state index is 13.9. The molecular weight excluding hydrogens is 449 g/mol. The van der Waals surface area contributed by atoms with Crippen LogP contribution in [0.5, 0.6) is 11.6 Å². The normalized spacial score (nSPS) is 16.7. The van der Waals surface area contributed by atoms with Crippen molar-refractivity contribution in [3.05, 3.63) is 71.7 Å². The van der Waals surface area contributed by atoms with Crippen molar-refractivity contribution < 1.29 is 23.7 Å². The van der Waals surface area contributed by atoms with Crippen LogP contribution < -0.4 is 4.74 Å². The van der Waals surface area contributed by atoms with Crippen LogP contribution in [0.3, 0.4) is 0 Å². The highest BCUT2D eigenvalue weighted by atomic mass is 19.1. The highest BCUT2D eigenvalue weighted by molar-refractivity contribution is 5.43. The summed E-state index contributed by atoms with van der Waals surface area (Å²) in [6.45, 7) is 7.03. The number of rotatable bonds is 12. The molecule has 4 rings (SSSR count). The zero-order valence-electron chi connectivity index (χ0n) is 20.4. The van der Waals surface area contributed by atoms with E-state index in [9.17, 15) is 9.50 Å². The number of nitrogens with zero attached hydrogens (tertiary/aromatic N) is 3. The largest absolute Gasteiger partial charge is 0.438 e. The van der Waals surface area contributed by atoms with Crippen molar-refractivity contribution in [2.24, 2.45) is 0 Å². The molecule has 1 aliphatic heterocycles. The van der Waals surface area contributed by atoms with Crippen LogP contribution >= 0.6 is 0 Å². The van der Waals surface area contributed by atoms with Crippen molar-refractivity contribution in [2.45, 2.75) is 45.4 Å². The zero-order valence-corrected chi connectivity index (χ0v) is 20.4. The molecule has 188 valence electrons. The van der Waals surface area contributed by atoms with Crippen molar-refractivity contribution in [3.63, 3.8) is 0 Å². The summed E-state index contributed by atoms with van der Waals surface area (Å²) in [4.78, 5) is 2.16. The van der Waals surface area contributed by atoms with Crippen LogP contribution in [-0.2, 0) is 16.0 Å². The van der Waals surface area contributed by atoms with E-state index in [0.29, 0.717) is 37.9 Å². The third kappa shape index (κ3) is 6.89. The minimum absolute atomic E-state index is 0.117. The summed E-state index contributed by atoms with van der Waals surface area (Å²) in [5.41, 5.74) is 2.52. The zero-order chi connectivity index (χ0) is 24.6. The van der Waals surface area contributed by atoms with Crippen LogP contribution in [0.15, 0.2) is 54.6 Å². The molecule has 2 heterocycles.